The summed E-state index contributed by atoms with van der Waals surface area (Å²) in [7, 11) is 0. The Morgan fingerprint density at radius 2 is 2.11 bits per heavy atom. The van der Waals surface area contributed by atoms with E-state index in [1.54, 1.807) is 35.5 Å². The first kappa shape index (κ1) is 19.6. The molecule has 1 N–H and O–H groups in total. The smallest absolute Gasteiger partial charge is 0.254 e. The molecule has 0 unspecified atom stereocenters. The number of amides is 2. The van der Waals surface area contributed by atoms with E-state index >= 15 is 0 Å². The van der Waals surface area contributed by atoms with Gasteiger partial charge in [-0.1, -0.05) is 5.92 Å². The fourth-order valence-electron chi connectivity index (χ4n) is 3.16. The number of carbonyl (C=O) groups excluding carboxylic acids is 2. The molecule has 7 nitrogen and oxygen atoms in total. The van der Waals surface area contributed by atoms with Crippen molar-refractivity contribution in [1.29, 1.82) is 0 Å². The highest BCUT2D eigenvalue weighted by atomic mass is 19.1. The van der Waals surface area contributed by atoms with E-state index in [2.05, 4.69) is 16.3 Å². The number of aromatic nitrogens is 2. The molecule has 1 aliphatic rings. The molecular weight excluding hydrogens is 361 g/mol. The molecule has 0 bridgehead atoms. The van der Waals surface area contributed by atoms with Gasteiger partial charge >= 0.3 is 0 Å². The molecule has 2 aromatic rings. The lowest BCUT2D eigenvalue weighted by Crippen LogP contribution is -2.40. The Hall–Kier alpha value is -3.18. The molecule has 2 heterocycles. The Kier molecular flexibility index (Phi) is 6.40. The van der Waals surface area contributed by atoms with Crippen molar-refractivity contribution in [3.63, 3.8) is 0 Å². The van der Waals surface area contributed by atoms with E-state index in [4.69, 9.17) is 6.42 Å². The van der Waals surface area contributed by atoms with Crippen molar-refractivity contribution in [2.45, 2.75) is 6.42 Å². The monoisotopic (exact) mass is 383 g/mol. The van der Waals surface area contributed by atoms with Gasteiger partial charge < -0.3 is 10.2 Å². The first-order valence-electron chi connectivity index (χ1n) is 9.10. The first-order valence-corrected chi connectivity index (χ1v) is 9.10. The van der Waals surface area contributed by atoms with Gasteiger partial charge in [-0.2, -0.15) is 5.10 Å². The van der Waals surface area contributed by atoms with E-state index in [1.165, 1.54) is 10.7 Å². The number of nitrogens with zero attached hydrogens (tertiary/aromatic N) is 4. The van der Waals surface area contributed by atoms with Crippen molar-refractivity contribution in [1.82, 2.24) is 24.9 Å². The quantitative estimate of drug-likeness (QED) is 0.780. The van der Waals surface area contributed by atoms with Crippen LogP contribution in [0.1, 0.15) is 16.8 Å². The molecule has 28 heavy (non-hydrogen) atoms. The normalized spacial score (nSPS) is 14.9. The Balaban J connectivity index is 1.61. The minimum atomic E-state index is -0.504. The van der Waals surface area contributed by atoms with E-state index in [9.17, 15) is 14.0 Å². The summed E-state index contributed by atoms with van der Waals surface area (Å²) in [5.41, 5.74) is 0.593. The van der Waals surface area contributed by atoms with Crippen LogP contribution in [0, 0.1) is 18.2 Å². The predicted molar refractivity (Wildman–Crippen MR) is 102 cm³/mol. The molecule has 0 spiro atoms. The molecule has 3 rings (SSSR count). The van der Waals surface area contributed by atoms with Crippen molar-refractivity contribution >= 4 is 11.8 Å². The summed E-state index contributed by atoms with van der Waals surface area (Å²) in [6, 6.07) is 6.11. The molecule has 1 aromatic carbocycles. The zero-order valence-corrected chi connectivity index (χ0v) is 15.5. The highest BCUT2D eigenvalue weighted by molar-refractivity contribution is 5.94. The van der Waals surface area contributed by atoms with Crippen molar-refractivity contribution in [2.24, 2.45) is 0 Å². The van der Waals surface area contributed by atoms with Crippen LogP contribution in [0.5, 0.6) is 0 Å². The van der Waals surface area contributed by atoms with Crippen LogP contribution in [0.4, 0.5) is 4.39 Å². The molecule has 1 saturated heterocycles. The van der Waals surface area contributed by atoms with Gasteiger partial charge in [-0.15, -0.1) is 6.42 Å². The maximum atomic E-state index is 14.4. The molecule has 1 fully saturated rings. The SMILES string of the molecule is C#CCNC(=O)CN1CCCN(C(=O)c2ccc(-n3cccn3)c(F)c2)CC1. The molecule has 8 heteroatoms. The van der Waals surface area contributed by atoms with Gasteiger partial charge in [0.05, 0.1) is 13.1 Å². The average Bonchev–Trinajstić information content (AvgIpc) is 3.12. The van der Waals surface area contributed by atoms with Crippen LogP contribution < -0.4 is 5.32 Å². The summed E-state index contributed by atoms with van der Waals surface area (Å²) in [5.74, 6) is 1.51. The van der Waals surface area contributed by atoms with Crippen LogP contribution in [-0.4, -0.2) is 70.7 Å². The van der Waals surface area contributed by atoms with Crippen LogP contribution in [0.3, 0.4) is 0 Å². The number of nitrogens with one attached hydrogen (secondary N) is 1. The minimum absolute atomic E-state index is 0.131. The fraction of sp³-hybridized carbons (Fsp3) is 0.350. The second kappa shape index (κ2) is 9.15. The first-order chi connectivity index (χ1) is 13.6. The number of terminal acetylenes is 1. The standard InChI is InChI=1S/C20H22FN5O2/c1-2-7-22-19(27)15-24-9-4-10-25(13-12-24)20(28)16-5-6-18(17(21)14-16)26-11-3-8-23-26/h1,3,5-6,8,11,14H,4,7,9-10,12-13,15H2,(H,22,27). The maximum absolute atomic E-state index is 14.4. The Morgan fingerprint density at radius 1 is 1.25 bits per heavy atom. The summed E-state index contributed by atoms with van der Waals surface area (Å²) >= 11 is 0. The maximum Gasteiger partial charge on any atom is 0.254 e. The van der Waals surface area contributed by atoms with E-state index in [1.807, 2.05) is 4.90 Å². The van der Waals surface area contributed by atoms with Gasteiger partial charge in [-0.25, -0.2) is 9.07 Å². The minimum Gasteiger partial charge on any atom is -0.344 e. The lowest BCUT2D eigenvalue weighted by molar-refractivity contribution is -0.121. The summed E-state index contributed by atoms with van der Waals surface area (Å²) < 4.78 is 15.8. The lowest BCUT2D eigenvalue weighted by atomic mass is 10.1. The second-order valence-electron chi connectivity index (χ2n) is 6.52. The third-order valence-electron chi connectivity index (χ3n) is 4.58. The molecule has 0 atom stereocenters. The molecule has 146 valence electrons. The second-order valence-corrected chi connectivity index (χ2v) is 6.52. The topological polar surface area (TPSA) is 70.5 Å². The molecule has 0 saturated carbocycles. The number of halogens is 1. The van der Waals surface area contributed by atoms with E-state index < -0.39 is 5.82 Å². The van der Waals surface area contributed by atoms with Crippen molar-refractivity contribution < 1.29 is 14.0 Å². The number of benzene rings is 1. The summed E-state index contributed by atoms with van der Waals surface area (Å²) in [4.78, 5) is 28.3. The third-order valence-corrected chi connectivity index (χ3v) is 4.58. The van der Waals surface area contributed by atoms with Crippen molar-refractivity contribution in [2.75, 3.05) is 39.3 Å². The average molecular weight is 383 g/mol. The van der Waals surface area contributed by atoms with Gasteiger partial charge in [-0.3, -0.25) is 14.5 Å². The van der Waals surface area contributed by atoms with Crippen LogP contribution in [-0.2, 0) is 4.79 Å². The van der Waals surface area contributed by atoms with E-state index in [-0.39, 0.29) is 24.9 Å². The summed E-state index contributed by atoms with van der Waals surface area (Å²) in [6.07, 6.45) is 9.08. The van der Waals surface area contributed by atoms with Gasteiger partial charge in [0, 0.05) is 44.1 Å². The van der Waals surface area contributed by atoms with Gasteiger partial charge in [-0.05, 0) is 30.7 Å². The number of rotatable bonds is 5. The van der Waals surface area contributed by atoms with Gasteiger partial charge in [0.2, 0.25) is 5.91 Å². The van der Waals surface area contributed by atoms with Gasteiger partial charge in [0.1, 0.15) is 11.5 Å². The Morgan fingerprint density at radius 3 is 2.82 bits per heavy atom. The van der Waals surface area contributed by atoms with Crippen LogP contribution >= 0.6 is 0 Å². The van der Waals surface area contributed by atoms with Crippen LogP contribution in [0.2, 0.25) is 0 Å². The summed E-state index contributed by atoms with van der Waals surface area (Å²) in [6.45, 7) is 2.77. The molecule has 0 radical (unpaired) electrons. The number of hydrogen-bond acceptors (Lipinski definition) is 4. The van der Waals surface area contributed by atoms with Crippen molar-refractivity contribution in [3.8, 4) is 18.0 Å². The molecular formula is C20H22FN5O2. The Labute approximate surface area is 163 Å². The molecule has 2 amide bonds. The number of hydrogen-bond donors (Lipinski definition) is 1. The third kappa shape index (κ3) is 4.75. The van der Waals surface area contributed by atoms with Crippen LogP contribution in [0.15, 0.2) is 36.7 Å². The molecule has 1 aromatic heterocycles. The fourth-order valence-corrected chi connectivity index (χ4v) is 3.16. The highest BCUT2D eigenvalue weighted by Crippen LogP contribution is 2.16. The summed E-state index contributed by atoms with van der Waals surface area (Å²) in [5, 5.41) is 6.64. The van der Waals surface area contributed by atoms with Crippen molar-refractivity contribution in [3.05, 3.63) is 48.0 Å². The predicted octanol–water partition coefficient (Wildman–Crippen LogP) is 0.909. The van der Waals surface area contributed by atoms with Gasteiger partial charge in [0.15, 0.2) is 0 Å². The van der Waals surface area contributed by atoms with Crippen LogP contribution in [0.25, 0.3) is 5.69 Å². The molecule has 0 aliphatic carbocycles. The Bertz CT molecular complexity index is 875. The number of carbonyl (C=O) groups is 2. The largest absolute Gasteiger partial charge is 0.344 e. The zero-order valence-electron chi connectivity index (χ0n) is 15.5. The zero-order chi connectivity index (χ0) is 19.9. The van der Waals surface area contributed by atoms with E-state index in [0.29, 0.717) is 37.4 Å². The molecule has 1 aliphatic heterocycles. The lowest BCUT2D eigenvalue weighted by Gasteiger charge is -2.22. The van der Waals surface area contributed by atoms with Gasteiger partial charge in [0.25, 0.3) is 5.91 Å². The van der Waals surface area contributed by atoms with E-state index in [0.717, 1.165) is 6.42 Å². The highest BCUT2D eigenvalue weighted by Gasteiger charge is 2.22.